The summed E-state index contributed by atoms with van der Waals surface area (Å²) in [5, 5.41) is 3.96. The zero-order chi connectivity index (χ0) is 18.2. The summed E-state index contributed by atoms with van der Waals surface area (Å²) in [5.41, 5.74) is 4.18. The Labute approximate surface area is 154 Å². The Balaban J connectivity index is 1.38. The Morgan fingerprint density at radius 3 is 2.77 bits per heavy atom. The zero-order valence-electron chi connectivity index (χ0n) is 15.2. The van der Waals surface area contributed by atoms with Crippen LogP contribution in [0.3, 0.4) is 0 Å². The number of benzene rings is 2. The first-order valence-corrected chi connectivity index (χ1v) is 9.13. The number of ether oxygens (including phenoxy) is 1. The molecule has 1 heterocycles. The molecule has 0 bridgehead atoms. The van der Waals surface area contributed by atoms with Crippen molar-refractivity contribution in [2.75, 3.05) is 13.2 Å². The fourth-order valence-corrected chi connectivity index (χ4v) is 2.89. The van der Waals surface area contributed by atoms with E-state index in [-0.39, 0.29) is 5.91 Å². The molecule has 3 aromatic rings. The van der Waals surface area contributed by atoms with Crippen molar-refractivity contribution < 1.29 is 13.9 Å². The SMILES string of the molecule is CCc1ccc2c(CC(=O)NCCCOCc3ccccc3)coc2c1. The largest absolute Gasteiger partial charge is 0.464 e. The summed E-state index contributed by atoms with van der Waals surface area (Å²) in [4.78, 5) is 12.1. The van der Waals surface area contributed by atoms with Gasteiger partial charge in [0.15, 0.2) is 0 Å². The molecule has 0 fully saturated rings. The van der Waals surface area contributed by atoms with Crippen molar-refractivity contribution in [2.24, 2.45) is 0 Å². The number of furan rings is 1. The lowest BCUT2D eigenvalue weighted by atomic mass is 10.1. The number of hydrogen-bond donors (Lipinski definition) is 1. The molecule has 4 heteroatoms. The van der Waals surface area contributed by atoms with Crippen LogP contribution in [0.5, 0.6) is 0 Å². The molecule has 1 amide bonds. The first-order chi connectivity index (χ1) is 12.8. The van der Waals surface area contributed by atoms with Gasteiger partial charge in [-0.1, -0.05) is 49.4 Å². The lowest BCUT2D eigenvalue weighted by molar-refractivity contribution is -0.120. The Morgan fingerprint density at radius 2 is 1.96 bits per heavy atom. The molecule has 0 aliphatic rings. The Hall–Kier alpha value is -2.59. The summed E-state index contributed by atoms with van der Waals surface area (Å²) in [7, 11) is 0. The van der Waals surface area contributed by atoms with Gasteiger partial charge in [0, 0.05) is 24.1 Å². The molecule has 0 atom stereocenters. The summed E-state index contributed by atoms with van der Waals surface area (Å²) in [6, 6.07) is 16.2. The van der Waals surface area contributed by atoms with E-state index in [1.807, 2.05) is 42.5 Å². The third-order valence-corrected chi connectivity index (χ3v) is 4.38. The van der Waals surface area contributed by atoms with E-state index in [1.54, 1.807) is 6.26 Å². The average Bonchev–Trinajstić information content (AvgIpc) is 3.07. The molecule has 0 saturated heterocycles. The summed E-state index contributed by atoms with van der Waals surface area (Å²) in [6.07, 6.45) is 3.79. The second-order valence-corrected chi connectivity index (χ2v) is 6.36. The number of amides is 1. The van der Waals surface area contributed by atoms with E-state index in [9.17, 15) is 4.79 Å². The molecule has 3 rings (SSSR count). The number of fused-ring (bicyclic) bond motifs is 1. The molecule has 2 aromatic carbocycles. The zero-order valence-corrected chi connectivity index (χ0v) is 15.2. The molecule has 0 aliphatic heterocycles. The highest BCUT2D eigenvalue weighted by Crippen LogP contribution is 2.23. The van der Waals surface area contributed by atoms with E-state index < -0.39 is 0 Å². The summed E-state index contributed by atoms with van der Waals surface area (Å²) < 4.78 is 11.2. The topological polar surface area (TPSA) is 51.5 Å². The summed E-state index contributed by atoms with van der Waals surface area (Å²) in [6.45, 7) is 3.96. The van der Waals surface area contributed by atoms with Crippen LogP contribution in [0.15, 0.2) is 59.2 Å². The Kier molecular flexibility index (Phi) is 6.45. The molecule has 0 spiro atoms. The summed E-state index contributed by atoms with van der Waals surface area (Å²) >= 11 is 0. The van der Waals surface area contributed by atoms with Gasteiger partial charge < -0.3 is 14.5 Å². The highest BCUT2D eigenvalue weighted by atomic mass is 16.5. The van der Waals surface area contributed by atoms with Gasteiger partial charge in [0.1, 0.15) is 5.58 Å². The van der Waals surface area contributed by atoms with Gasteiger partial charge >= 0.3 is 0 Å². The molecule has 0 unspecified atom stereocenters. The molecule has 4 nitrogen and oxygen atoms in total. The maximum absolute atomic E-state index is 12.1. The molecule has 136 valence electrons. The van der Waals surface area contributed by atoms with E-state index in [4.69, 9.17) is 9.15 Å². The van der Waals surface area contributed by atoms with E-state index in [2.05, 4.69) is 18.3 Å². The van der Waals surface area contributed by atoms with E-state index in [1.165, 1.54) is 5.56 Å². The van der Waals surface area contributed by atoms with Gasteiger partial charge in [-0.05, 0) is 30.0 Å². The highest BCUT2D eigenvalue weighted by molar-refractivity contribution is 5.87. The number of aryl methyl sites for hydroxylation is 1. The number of nitrogens with one attached hydrogen (secondary N) is 1. The van der Waals surface area contributed by atoms with Crippen LogP contribution in [0.1, 0.15) is 30.0 Å². The highest BCUT2D eigenvalue weighted by Gasteiger charge is 2.10. The van der Waals surface area contributed by atoms with Crippen LogP contribution >= 0.6 is 0 Å². The third kappa shape index (κ3) is 4.96. The molecular formula is C22H25NO3. The minimum absolute atomic E-state index is 0.00956. The molecule has 0 radical (unpaired) electrons. The van der Waals surface area contributed by atoms with Crippen LogP contribution in [-0.4, -0.2) is 19.1 Å². The number of carbonyl (C=O) groups is 1. The van der Waals surface area contributed by atoms with Crippen LogP contribution < -0.4 is 5.32 Å². The summed E-state index contributed by atoms with van der Waals surface area (Å²) in [5.74, 6) is 0.00956. The van der Waals surface area contributed by atoms with Crippen LogP contribution in [0.2, 0.25) is 0 Å². The molecule has 1 aromatic heterocycles. The maximum atomic E-state index is 12.1. The molecule has 26 heavy (non-hydrogen) atoms. The normalized spacial score (nSPS) is 11.0. The van der Waals surface area contributed by atoms with Crippen LogP contribution in [-0.2, 0) is 29.0 Å². The predicted molar refractivity (Wildman–Crippen MR) is 103 cm³/mol. The van der Waals surface area contributed by atoms with Crippen molar-refractivity contribution >= 4 is 16.9 Å². The maximum Gasteiger partial charge on any atom is 0.224 e. The fraction of sp³-hybridized carbons (Fsp3) is 0.318. The van der Waals surface area contributed by atoms with Crippen molar-refractivity contribution in [1.82, 2.24) is 5.32 Å². The average molecular weight is 351 g/mol. The van der Waals surface area contributed by atoms with E-state index in [0.29, 0.717) is 26.2 Å². The van der Waals surface area contributed by atoms with Crippen molar-refractivity contribution in [2.45, 2.75) is 32.8 Å². The minimum Gasteiger partial charge on any atom is -0.464 e. The molecule has 0 aliphatic carbocycles. The lowest BCUT2D eigenvalue weighted by Gasteiger charge is -2.06. The van der Waals surface area contributed by atoms with Gasteiger partial charge in [-0.25, -0.2) is 0 Å². The van der Waals surface area contributed by atoms with Gasteiger partial charge in [-0.15, -0.1) is 0 Å². The second-order valence-electron chi connectivity index (χ2n) is 6.36. The predicted octanol–water partition coefficient (Wildman–Crippen LogP) is 4.26. The molecule has 1 N–H and O–H groups in total. The Bertz CT molecular complexity index is 839. The smallest absolute Gasteiger partial charge is 0.224 e. The van der Waals surface area contributed by atoms with Crippen molar-refractivity contribution in [3.63, 3.8) is 0 Å². The van der Waals surface area contributed by atoms with E-state index in [0.717, 1.165) is 34.9 Å². The first-order valence-electron chi connectivity index (χ1n) is 9.13. The molecular weight excluding hydrogens is 326 g/mol. The number of carbonyl (C=O) groups excluding carboxylic acids is 1. The standard InChI is InChI=1S/C22H25NO3/c1-2-17-9-10-20-19(16-26-21(20)13-17)14-22(24)23-11-6-12-25-15-18-7-4-3-5-8-18/h3-5,7-10,13,16H,2,6,11-12,14-15H2,1H3,(H,23,24). The van der Waals surface area contributed by atoms with Gasteiger partial charge in [0.25, 0.3) is 0 Å². The number of rotatable bonds is 9. The van der Waals surface area contributed by atoms with Gasteiger partial charge in [-0.3, -0.25) is 4.79 Å². The number of hydrogen-bond acceptors (Lipinski definition) is 3. The van der Waals surface area contributed by atoms with Crippen molar-refractivity contribution in [3.05, 3.63) is 71.5 Å². The van der Waals surface area contributed by atoms with Gasteiger partial charge in [-0.2, -0.15) is 0 Å². The van der Waals surface area contributed by atoms with Crippen LogP contribution in [0.25, 0.3) is 11.0 Å². The Morgan fingerprint density at radius 1 is 1.12 bits per heavy atom. The third-order valence-electron chi connectivity index (χ3n) is 4.38. The van der Waals surface area contributed by atoms with Gasteiger partial charge in [0.2, 0.25) is 5.91 Å². The molecule has 0 saturated carbocycles. The van der Waals surface area contributed by atoms with Gasteiger partial charge in [0.05, 0.1) is 19.3 Å². The fourth-order valence-electron chi connectivity index (χ4n) is 2.89. The first kappa shape index (κ1) is 18.2. The monoisotopic (exact) mass is 351 g/mol. The van der Waals surface area contributed by atoms with Crippen molar-refractivity contribution in [1.29, 1.82) is 0 Å². The van der Waals surface area contributed by atoms with Crippen LogP contribution in [0.4, 0.5) is 0 Å². The lowest BCUT2D eigenvalue weighted by Crippen LogP contribution is -2.26. The second kappa shape index (κ2) is 9.20. The quantitative estimate of drug-likeness (QED) is 0.586. The minimum atomic E-state index is 0.00956. The van der Waals surface area contributed by atoms with Crippen molar-refractivity contribution in [3.8, 4) is 0 Å². The van der Waals surface area contributed by atoms with E-state index >= 15 is 0 Å². The van der Waals surface area contributed by atoms with Crippen LogP contribution in [0, 0.1) is 0 Å².